The van der Waals surface area contributed by atoms with Crippen LogP contribution in [0.25, 0.3) is 0 Å². The lowest BCUT2D eigenvalue weighted by atomic mass is 10.1. The van der Waals surface area contributed by atoms with Crippen molar-refractivity contribution in [2.75, 3.05) is 7.11 Å². The first-order valence-electron chi connectivity index (χ1n) is 4.19. The van der Waals surface area contributed by atoms with Crippen LogP contribution < -0.4 is 4.74 Å². The fourth-order valence-electron chi connectivity index (χ4n) is 1.28. The van der Waals surface area contributed by atoms with Gasteiger partial charge in [-0.1, -0.05) is 15.9 Å². The molecule has 1 N–H and O–H groups in total. The molecule has 1 aromatic rings. The number of hydrogen-bond donors (Lipinski definition) is 1. The van der Waals surface area contributed by atoms with Crippen LogP contribution in [0.3, 0.4) is 0 Å². The van der Waals surface area contributed by atoms with Crippen molar-refractivity contribution >= 4 is 27.6 Å². The minimum absolute atomic E-state index is 0.0261. The molecule has 1 rings (SSSR count). The van der Waals surface area contributed by atoms with E-state index in [2.05, 4.69) is 15.9 Å². The van der Waals surface area contributed by atoms with Gasteiger partial charge in [-0.15, -0.1) is 0 Å². The van der Waals surface area contributed by atoms with Crippen molar-refractivity contribution < 1.29 is 19.6 Å². The van der Waals surface area contributed by atoms with Crippen LogP contribution in [0.5, 0.6) is 5.75 Å². The number of nitrogens with zero attached hydrogens (tertiary/aromatic N) is 1. The van der Waals surface area contributed by atoms with E-state index in [1.807, 2.05) is 0 Å². The van der Waals surface area contributed by atoms with Gasteiger partial charge in [0.05, 0.1) is 18.5 Å². The van der Waals surface area contributed by atoms with Gasteiger partial charge < -0.3 is 9.84 Å². The number of rotatable bonds is 4. The van der Waals surface area contributed by atoms with Gasteiger partial charge in [0.2, 0.25) is 5.75 Å². The van der Waals surface area contributed by atoms with Crippen molar-refractivity contribution in [3.63, 3.8) is 0 Å². The minimum Gasteiger partial charge on any atom is -0.490 e. The Bertz CT molecular complexity index is 446. The van der Waals surface area contributed by atoms with E-state index in [9.17, 15) is 14.9 Å². The van der Waals surface area contributed by atoms with Crippen LogP contribution in [0.2, 0.25) is 0 Å². The summed E-state index contributed by atoms with van der Waals surface area (Å²) in [7, 11) is 1.26. The van der Waals surface area contributed by atoms with E-state index in [-0.39, 0.29) is 23.4 Å². The number of carbonyl (C=O) groups is 1. The molecule has 0 spiro atoms. The lowest BCUT2D eigenvalue weighted by molar-refractivity contribution is -0.385. The molecule has 0 amide bonds. The maximum Gasteiger partial charge on any atom is 0.311 e. The monoisotopic (exact) mass is 289 g/mol. The zero-order valence-electron chi connectivity index (χ0n) is 8.27. The lowest BCUT2D eigenvalue weighted by Gasteiger charge is -2.08. The van der Waals surface area contributed by atoms with Crippen LogP contribution in [0.15, 0.2) is 16.6 Å². The first-order chi connectivity index (χ1) is 7.47. The average molecular weight is 290 g/mol. The molecule has 0 aliphatic heterocycles. The molecule has 86 valence electrons. The van der Waals surface area contributed by atoms with Crippen molar-refractivity contribution in [3.8, 4) is 5.75 Å². The molecule has 0 saturated heterocycles. The molecule has 0 saturated carbocycles. The molecule has 0 aliphatic carbocycles. The lowest BCUT2D eigenvalue weighted by Crippen LogP contribution is -2.05. The number of halogens is 1. The fraction of sp³-hybridized carbons (Fsp3) is 0.222. The summed E-state index contributed by atoms with van der Waals surface area (Å²) in [5, 5.41) is 19.4. The summed E-state index contributed by atoms with van der Waals surface area (Å²) in [5.74, 6) is -1.11. The predicted octanol–water partition coefficient (Wildman–Crippen LogP) is 1.99. The van der Waals surface area contributed by atoms with Gasteiger partial charge in [-0.05, 0) is 6.07 Å². The van der Waals surface area contributed by atoms with Gasteiger partial charge in [0.15, 0.2) is 0 Å². The third-order valence-corrected chi connectivity index (χ3v) is 2.65. The van der Waals surface area contributed by atoms with E-state index in [1.54, 1.807) is 0 Å². The van der Waals surface area contributed by atoms with Crippen LogP contribution in [-0.4, -0.2) is 23.1 Å². The number of nitro groups is 1. The predicted molar refractivity (Wildman–Crippen MR) is 58.7 cm³/mol. The third-order valence-electron chi connectivity index (χ3n) is 1.91. The first-order valence-corrected chi connectivity index (χ1v) is 4.98. The molecular formula is C9H8BrNO5. The second kappa shape index (κ2) is 4.93. The maximum absolute atomic E-state index is 10.7. The standard InChI is InChI=1S/C9H8BrNO5/c1-16-9-5(4-8(12)13)6(10)2-3-7(9)11(14)15/h2-3H,4H2,1H3,(H,12,13). The Labute approximate surface area is 99.1 Å². The smallest absolute Gasteiger partial charge is 0.311 e. The van der Waals surface area contributed by atoms with Crippen LogP contribution in [0.1, 0.15) is 5.56 Å². The summed E-state index contributed by atoms with van der Waals surface area (Å²) in [6.45, 7) is 0. The Kier molecular flexibility index (Phi) is 3.83. The molecular weight excluding hydrogens is 282 g/mol. The molecule has 0 radical (unpaired) electrons. The summed E-state index contributed by atoms with van der Waals surface area (Å²) in [6, 6.07) is 2.69. The van der Waals surface area contributed by atoms with Crippen molar-refractivity contribution in [1.29, 1.82) is 0 Å². The van der Waals surface area contributed by atoms with Gasteiger partial charge in [-0.3, -0.25) is 14.9 Å². The highest BCUT2D eigenvalue weighted by Crippen LogP contribution is 2.35. The molecule has 0 fully saturated rings. The highest BCUT2D eigenvalue weighted by Gasteiger charge is 2.22. The molecule has 16 heavy (non-hydrogen) atoms. The number of benzene rings is 1. The van der Waals surface area contributed by atoms with Crippen LogP contribution >= 0.6 is 15.9 Å². The Hall–Kier alpha value is -1.63. The number of methoxy groups -OCH3 is 1. The van der Waals surface area contributed by atoms with E-state index < -0.39 is 10.9 Å². The summed E-state index contributed by atoms with van der Waals surface area (Å²) in [4.78, 5) is 20.7. The summed E-state index contributed by atoms with van der Waals surface area (Å²) in [6.07, 6.45) is -0.342. The van der Waals surface area contributed by atoms with E-state index >= 15 is 0 Å². The number of hydrogen-bond acceptors (Lipinski definition) is 4. The van der Waals surface area contributed by atoms with E-state index in [0.29, 0.717) is 4.47 Å². The summed E-state index contributed by atoms with van der Waals surface area (Å²) >= 11 is 3.13. The second-order valence-corrected chi connectivity index (χ2v) is 3.76. The Morgan fingerprint density at radius 3 is 2.69 bits per heavy atom. The van der Waals surface area contributed by atoms with Crippen LogP contribution in [0, 0.1) is 10.1 Å². The quantitative estimate of drug-likeness (QED) is 0.676. The van der Waals surface area contributed by atoms with Gasteiger partial charge >= 0.3 is 11.7 Å². The van der Waals surface area contributed by atoms with Crippen LogP contribution in [0.4, 0.5) is 5.69 Å². The normalized spacial score (nSPS) is 9.88. The number of nitro benzene ring substituents is 1. The Morgan fingerprint density at radius 2 is 2.25 bits per heavy atom. The molecule has 1 aromatic carbocycles. The van der Waals surface area contributed by atoms with Crippen molar-refractivity contribution in [1.82, 2.24) is 0 Å². The second-order valence-electron chi connectivity index (χ2n) is 2.91. The van der Waals surface area contributed by atoms with E-state index in [1.165, 1.54) is 19.2 Å². The number of carboxylic acid groups (broad SMARTS) is 1. The molecule has 0 unspecified atom stereocenters. The van der Waals surface area contributed by atoms with Gasteiger partial charge in [-0.25, -0.2) is 0 Å². The third kappa shape index (κ3) is 2.48. The van der Waals surface area contributed by atoms with Crippen molar-refractivity contribution in [2.24, 2.45) is 0 Å². The molecule has 0 atom stereocenters. The molecule has 0 heterocycles. The van der Waals surface area contributed by atoms with E-state index in [4.69, 9.17) is 9.84 Å². The van der Waals surface area contributed by atoms with Gasteiger partial charge in [-0.2, -0.15) is 0 Å². The molecule has 0 aromatic heterocycles. The zero-order valence-corrected chi connectivity index (χ0v) is 9.85. The summed E-state index contributed by atoms with van der Waals surface area (Å²) < 4.78 is 5.35. The van der Waals surface area contributed by atoms with Gasteiger partial charge in [0.1, 0.15) is 0 Å². The molecule has 0 aliphatic rings. The van der Waals surface area contributed by atoms with Gasteiger partial charge in [0, 0.05) is 16.1 Å². The van der Waals surface area contributed by atoms with E-state index in [0.717, 1.165) is 0 Å². The highest BCUT2D eigenvalue weighted by atomic mass is 79.9. The zero-order chi connectivity index (χ0) is 12.3. The largest absolute Gasteiger partial charge is 0.490 e. The summed E-state index contributed by atoms with van der Waals surface area (Å²) in [5.41, 5.74) is 0.00569. The maximum atomic E-state index is 10.7. The minimum atomic E-state index is -1.08. The molecule has 6 nitrogen and oxygen atoms in total. The van der Waals surface area contributed by atoms with Crippen molar-refractivity contribution in [3.05, 3.63) is 32.3 Å². The molecule has 7 heteroatoms. The average Bonchev–Trinajstić information content (AvgIpc) is 2.19. The number of aliphatic carboxylic acids is 1. The fourth-order valence-corrected chi connectivity index (χ4v) is 1.73. The van der Waals surface area contributed by atoms with Crippen molar-refractivity contribution in [2.45, 2.75) is 6.42 Å². The van der Waals surface area contributed by atoms with Gasteiger partial charge in [0.25, 0.3) is 0 Å². The SMILES string of the molecule is COc1c([N+](=O)[O-])ccc(Br)c1CC(=O)O. The van der Waals surface area contributed by atoms with Crippen LogP contribution in [-0.2, 0) is 11.2 Å². The first kappa shape index (κ1) is 12.4. The Morgan fingerprint density at radius 1 is 1.62 bits per heavy atom. The highest BCUT2D eigenvalue weighted by molar-refractivity contribution is 9.10. The number of carboxylic acids is 1. The Balaban J connectivity index is 3.37. The molecule has 0 bridgehead atoms. The topological polar surface area (TPSA) is 89.7 Å². The number of ether oxygens (including phenoxy) is 1.